The first kappa shape index (κ1) is 18.9. The molecule has 2 aromatic rings. The number of halogens is 2. The van der Waals surface area contributed by atoms with E-state index in [0.717, 1.165) is 42.2 Å². The minimum absolute atomic E-state index is 0. The molecule has 2 atom stereocenters. The highest BCUT2D eigenvalue weighted by Crippen LogP contribution is 2.43. The highest BCUT2D eigenvalue weighted by Gasteiger charge is 2.39. The molecule has 2 unspecified atom stereocenters. The molecule has 1 aliphatic carbocycles. The first-order valence-corrected chi connectivity index (χ1v) is 9.86. The van der Waals surface area contributed by atoms with Gasteiger partial charge in [-0.05, 0) is 24.1 Å². The average molecular weight is 534 g/mol. The second kappa shape index (κ2) is 8.22. The van der Waals surface area contributed by atoms with Gasteiger partial charge in [0.15, 0.2) is 11.1 Å². The van der Waals surface area contributed by atoms with Crippen molar-refractivity contribution >= 4 is 62.3 Å². The summed E-state index contributed by atoms with van der Waals surface area (Å²) in [5, 5.41) is 3.12. The van der Waals surface area contributed by atoms with Crippen LogP contribution in [-0.4, -0.2) is 48.1 Å². The summed E-state index contributed by atoms with van der Waals surface area (Å²) in [7, 11) is 0. The molecule has 0 amide bonds. The lowest BCUT2D eigenvalue weighted by molar-refractivity contribution is 0.380. The Balaban J connectivity index is 0.00000182. The number of anilines is 1. The standard InChI is InChI=1S/C17H20BrN5S.HI/c18-13-3-1-12(2-4-13)14-11-15(14)21-16(19)22-6-8-23(9-7-22)17-20-5-10-24-17;/h1-5,10,14-15H,6-9,11H2,(H2,19,21);1H. The fourth-order valence-electron chi connectivity index (χ4n) is 3.14. The van der Waals surface area contributed by atoms with Crippen LogP contribution in [0.4, 0.5) is 5.13 Å². The van der Waals surface area contributed by atoms with E-state index in [2.05, 4.69) is 55.0 Å². The summed E-state index contributed by atoms with van der Waals surface area (Å²) < 4.78 is 1.12. The van der Waals surface area contributed by atoms with E-state index in [4.69, 9.17) is 10.7 Å². The summed E-state index contributed by atoms with van der Waals surface area (Å²) in [4.78, 5) is 13.6. The Bertz CT molecular complexity index is 713. The van der Waals surface area contributed by atoms with Crippen molar-refractivity contribution in [2.75, 3.05) is 31.1 Å². The molecule has 1 aromatic heterocycles. The van der Waals surface area contributed by atoms with Crippen molar-refractivity contribution in [2.45, 2.75) is 18.4 Å². The maximum absolute atomic E-state index is 6.25. The number of piperazine rings is 1. The number of hydrogen-bond acceptors (Lipinski definition) is 4. The van der Waals surface area contributed by atoms with Crippen LogP contribution in [-0.2, 0) is 0 Å². The van der Waals surface area contributed by atoms with Gasteiger partial charge in [-0.2, -0.15) is 0 Å². The average Bonchev–Trinajstić information content (AvgIpc) is 3.15. The Morgan fingerprint density at radius 3 is 2.56 bits per heavy atom. The normalized spacial score (nSPS) is 23.3. The molecule has 2 fully saturated rings. The Kier molecular flexibility index (Phi) is 6.21. The molecule has 0 radical (unpaired) electrons. The Morgan fingerprint density at radius 2 is 1.92 bits per heavy atom. The fourth-order valence-corrected chi connectivity index (χ4v) is 4.10. The molecular weight excluding hydrogens is 513 g/mol. The first-order valence-electron chi connectivity index (χ1n) is 8.19. The zero-order valence-electron chi connectivity index (χ0n) is 13.7. The third kappa shape index (κ3) is 4.46. The number of rotatable bonds is 3. The summed E-state index contributed by atoms with van der Waals surface area (Å²) in [6, 6.07) is 8.87. The molecule has 1 saturated heterocycles. The fraction of sp³-hybridized carbons (Fsp3) is 0.412. The molecule has 4 rings (SSSR count). The minimum atomic E-state index is 0. The highest BCUT2D eigenvalue weighted by molar-refractivity contribution is 14.0. The lowest BCUT2D eigenvalue weighted by atomic mass is 10.1. The molecule has 2 N–H and O–H groups in total. The van der Waals surface area contributed by atoms with Gasteiger partial charge in [-0.1, -0.05) is 28.1 Å². The van der Waals surface area contributed by atoms with Gasteiger partial charge in [0.1, 0.15) is 0 Å². The maximum Gasteiger partial charge on any atom is 0.191 e. The zero-order chi connectivity index (χ0) is 16.5. The van der Waals surface area contributed by atoms with Crippen molar-refractivity contribution in [2.24, 2.45) is 10.7 Å². The predicted octanol–water partition coefficient (Wildman–Crippen LogP) is 3.52. The number of aromatic nitrogens is 1. The summed E-state index contributed by atoms with van der Waals surface area (Å²) in [5.74, 6) is 1.21. The number of aliphatic imine (C=N–C) groups is 1. The second-order valence-corrected chi connectivity index (χ2v) is 8.03. The second-order valence-electron chi connectivity index (χ2n) is 6.24. The lowest BCUT2D eigenvalue weighted by Crippen LogP contribution is -2.51. The van der Waals surface area contributed by atoms with Crippen molar-refractivity contribution in [1.82, 2.24) is 9.88 Å². The molecule has 0 bridgehead atoms. The smallest absolute Gasteiger partial charge is 0.191 e. The Morgan fingerprint density at radius 1 is 1.20 bits per heavy atom. The highest BCUT2D eigenvalue weighted by atomic mass is 127. The summed E-state index contributed by atoms with van der Waals surface area (Å²) in [6.45, 7) is 3.71. The molecule has 2 heterocycles. The molecular formula is C17H21BrIN5S. The molecule has 1 saturated carbocycles. The Labute approximate surface area is 177 Å². The number of hydrogen-bond donors (Lipinski definition) is 1. The van der Waals surface area contributed by atoms with Gasteiger partial charge in [-0.15, -0.1) is 35.3 Å². The van der Waals surface area contributed by atoms with Crippen LogP contribution in [0.15, 0.2) is 45.3 Å². The van der Waals surface area contributed by atoms with Crippen LogP contribution in [0.1, 0.15) is 17.9 Å². The van der Waals surface area contributed by atoms with E-state index >= 15 is 0 Å². The van der Waals surface area contributed by atoms with Gasteiger partial charge in [0, 0.05) is 48.1 Å². The van der Waals surface area contributed by atoms with Crippen LogP contribution in [0.5, 0.6) is 0 Å². The molecule has 1 aromatic carbocycles. The third-order valence-corrected chi connectivity index (χ3v) is 6.01. The predicted molar refractivity (Wildman–Crippen MR) is 118 cm³/mol. The van der Waals surface area contributed by atoms with E-state index in [1.165, 1.54) is 5.56 Å². The van der Waals surface area contributed by atoms with Gasteiger partial charge in [0.25, 0.3) is 0 Å². The molecule has 134 valence electrons. The largest absolute Gasteiger partial charge is 0.370 e. The molecule has 0 spiro atoms. The number of benzene rings is 1. The number of thiazole rings is 1. The van der Waals surface area contributed by atoms with Crippen molar-refractivity contribution in [3.63, 3.8) is 0 Å². The van der Waals surface area contributed by atoms with Crippen molar-refractivity contribution in [1.29, 1.82) is 0 Å². The number of guanidine groups is 1. The maximum atomic E-state index is 6.25. The first-order chi connectivity index (χ1) is 11.7. The van der Waals surface area contributed by atoms with Crippen molar-refractivity contribution in [3.8, 4) is 0 Å². The van der Waals surface area contributed by atoms with E-state index in [-0.39, 0.29) is 24.0 Å². The molecule has 1 aliphatic heterocycles. The van der Waals surface area contributed by atoms with Crippen LogP contribution in [0, 0.1) is 0 Å². The number of nitrogens with zero attached hydrogens (tertiary/aromatic N) is 4. The quantitative estimate of drug-likeness (QED) is 0.372. The van der Waals surface area contributed by atoms with Crippen LogP contribution >= 0.6 is 51.2 Å². The topological polar surface area (TPSA) is 57.8 Å². The van der Waals surface area contributed by atoms with Crippen LogP contribution in [0.25, 0.3) is 0 Å². The van der Waals surface area contributed by atoms with E-state index in [9.17, 15) is 0 Å². The van der Waals surface area contributed by atoms with Crippen molar-refractivity contribution in [3.05, 3.63) is 45.9 Å². The van der Waals surface area contributed by atoms with E-state index < -0.39 is 0 Å². The Hall–Kier alpha value is -0.870. The van der Waals surface area contributed by atoms with Crippen molar-refractivity contribution < 1.29 is 0 Å². The number of nitrogens with two attached hydrogens (primary N) is 1. The molecule has 8 heteroatoms. The summed E-state index contributed by atoms with van der Waals surface area (Å²) in [6.07, 6.45) is 2.96. The van der Waals surface area contributed by atoms with Crippen LogP contribution in [0.2, 0.25) is 0 Å². The molecule has 2 aliphatic rings. The van der Waals surface area contributed by atoms with Gasteiger partial charge in [0.05, 0.1) is 6.04 Å². The van der Waals surface area contributed by atoms with Gasteiger partial charge >= 0.3 is 0 Å². The van der Waals surface area contributed by atoms with E-state index in [1.807, 2.05) is 11.6 Å². The van der Waals surface area contributed by atoms with E-state index in [0.29, 0.717) is 17.9 Å². The van der Waals surface area contributed by atoms with Crippen LogP contribution in [0.3, 0.4) is 0 Å². The van der Waals surface area contributed by atoms with Gasteiger partial charge in [-0.25, -0.2) is 9.98 Å². The summed E-state index contributed by atoms with van der Waals surface area (Å²) in [5.41, 5.74) is 7.61. The summed E-state index contributed by atoms with van der Waals surface area (Å²) >= 11 is 5.17. The van der Waals surface area contributed by atoms with Gasteiger partial charge in [-0.3, -0.25) is 0 Å². The van der Waals surface area contributed by atoms with Gasteiger partial charge < -0.3 is 15.5 Å². The zero-order valence-corrected chi connectivity index (χ0v) is 18.4. The van der Waals surface area contributed by atoms with E-state index in [1.54, 1.807) is 11.3 Å². The lowest BCUT2D eigenvalue weighted by Gasteiger charge is -2.35. The monoisotopic (exact) mass is 533 g/mol. The minimum Gasteiger partial charge on any atom is -0.370 e. The molecule has 25 heavy (non-hydrogen) atoms. The third-order valence-electron chi connectivity index (χ3n) is 4.65. The van der Waals surface area contributed by atoms with Gasteiger partial charge in [0.2, 0.25) is 0 Å². The molecule has 5 nitrogen and oxygen atoms in total. The van der Waals surface area contributed by atoms with Crippen LogP contribution < -0.4 is 10.6 Å². The SMILES string of the molecule is I.NC(=NC1CC1c1ccc(Br)cc1)N1CCN(c2nccs2)CC1.